The summed E-state index contributed by atoms with van der Waals surface area (Å²) in [7, 11) is 0. The predicted octanol–water partition coefficient (Wildman–Crippen LogP) is 0.601. The Kier molecular flexibility index (Phi) is 3.68. The highest BCUT2D eigenvalue weighted by molar-refractivity contribution is 5.85. The van der Waals surface area contributed by atoms with E-state index in [1.807, 2.05) is 38.1 Å². The van der Waals surface area contributed by atoms with Gasteiger partial charge in [-0.1, -0.05) is 29.8 Å². The van der Waals surface area contributed by atoms with Crippen molar-refractivity contribution >= 4 is 5.91 Å². The number of carbonyl (C=O) groups excluding carboxylic acids is 1. The number of hydrogen-bond acceptors (Lipinski definition) is 3. The number of aryl methyl sites for hydroxylation is 1. The summed E-state index contributed by atoms with van der Waals surface area (Å²) in [5.41, 5.74) is 7.12. The Morgan fingerprint density at radius 1 is 1.28 bits per heavy atom. The molecule has 1 aliphatic heterocycles. The van der Waals surface area contributed by atoms with E-state index >= 15 is 0 Å². The minimum atomic E-state index is -0.712. The second kappa shape index (κ2) is 5.08. The van der Waals surface area contributed by atoms with Gasteiger partial charge in [0.1, 0.15) is 5.54 Å². The molecule has 0 saturated carbocycles. The molecule has 2 rings (SSSR count). The molecule has 1 aromatic carbocycles. The maximum atomic E-state index is 12.0. The smallest absolute Gasteiger partial charge is 0.242 e. The average molecular weight is 247 g/mol. The van der Waals surface area contributed by atoms with Crippen LogP contribution in [0.1, 0.15) is 18.1 Å². The summed E-state index contributed by atoms with van der Waals surface area (Å²) in [6.07, 6.45) is 0. The van der Waals surface area contributed by atoms with E-state index < -0.39 is 5.54 Å². The van der Waals surface area contributed by atoms with Gasteiger partial charge in [0.25, 0.3) is 0 Å². The van der Waals surface area contributed by atoms with Gasteiger partial charge >= 0.3 is 0 Å². The third-order valence-corrected chi connectivity index (χ3v) is 3.84. The summed E-state index contributed by atoms with van der Waals surface area (Å²) < 4.78 is 0. The lowest BCUT2D eigenvalue weighted by atomic mass is 9.88. The fourth-order valence-corrected chi connectivity index (χ4v) is 2.47. The Morgan fingerprint density at radius 3 is 2.33 bits per heavy atom. The van der Waals surface area contributed by atoms with Crippen molar-refractivity contribution in [3.05, 3.63) is 35.4 Å². The van der Waals surface area contributed by atoms with Crippen molar-refractivity contribution in [3.63, 3.8) is 0 Å². The number of nitrogens with two attached hydrogens (primary N) is 1. The van der Waals surface area contributed by atoms with Crippen molar-refractivity contribution in [2.75, 3.05) is 26.2 Å². The lowest BCUT2D eigenvalue weighted by molar-refractivity contribution is -0.130. The van der Waals surface area contributed by atoms with E-state index in [0.29, 0.717) is 0 Å². The fraction of sp³-hybridized carbons (Fsp3) is 0.500. The van der Waals surface area contributed by atoms with E-state index in [1.54, 1.807) is 0 Å². The topological polar surface area (TPSA) is 58.4 Å². The maximum absolute atomic E-state index is 12.0. The number of nitrogens with one attached hydrogen (secondary N) is 1. The molecule has 1 unspecified atom stereocenters. The second-order valence-electron chi connectivity index (χ2n) is 5.04. The third-order valence-electron chi connectivity index (χ3n) is 3.84. The zero-order valence-electron chi connectivity index (χ0n) is 11.1. The fourth-order valence-electron chi connectivity index (χ4n) is 2.47. The van der Waals surface area contributed by atoms with Crippen LogP contribution in [0.2, 0.25) is 0 Å². The Bertz CT molecular complexity index is 423. The Hall–Kier alpha value is -1.39. The zero-order chi connectivity index (χ0) is 13.2. The van der Waals surface area contributed by atoms with Crippen molar-refractivity contribution in [2.45, 2.75) is 19.4 Å². The molecule has 1 amide bonds. The van der Waals surface area contributed by atoms with Crippen LogP contribution in [0.25, 0.3) is 0 Å². The molecule has 0 radical (unpaired) electrons. The van der Waals surface area contributed by atoms with Gasteiger partial charge in [-0.25, -0.2) is 0 Å². The number of amides is 1. The van der Waals surface area contributed by atoms with Gasteiger partial charge in [-0.15, -0.1) is 0 Å². The number of hydrogen-bond donors (Lipinski definition) is 2. The highest BCUT2D eigenvalue weighted by Crippen LogP contribution is 2.28. The van der Waals surface area contributed by atoms with Crippen LogP contribution in [0.5, 0.6) is 0 Å². The molecule has 4 heteroatoms. The average Bonchev–Trinajstić information content (AvgIpc) is 2.39. The summed E-state index contributed by atoms with van der Waals surface area (Å²) in [6, 6.07) is 8.06. The van der Waals surface area contributed by atoms with Crippen LogP contribution < -0.4 is 11.1 Å². The Labute approximate surface area is 108 Å². The minimum absolute atomic E-state index is 0.284. The molecule has 0 aliphatic carbocycles. The van der Waals surface area contributed by atoms with Crippen molar-refractivity contribution in [1.82, 2.24) is 10.2 Å². The third kappa shape index (κ3) is 2.26. The van der Waals surface area contributed by atoms with E-state index in [9.17, 15) is 4.79 Å². The van der Waals surface area contributed by atoms with Crippen LogP contribution in [0.15, 0.2) is 24.3 Å². The van der Waals surface area contributed by atoms with Crippen LogP contribution >= 0.6 is 0 Å². The molecule has 0 spiro atoms. The van der Waals surface area contributed by atoms with Crippen molar-refractivity contribution < 1.29 is 4.79 Å². The summed E-state index contributed by atoms with van der Waals surface area (Å²) in [4.78, 5) is 14.1. The molecule has 1 aromatic rings. The summed E-state index contributed by atoms with van der Waals surface area (Å²) in [5, 5.41) is 3.29. The van der Waals surface area contributed by atoms with E-state index in [2.05, 4.69) is 10.2 Å². The van der Waals surface area contributed by atoms with E-state index in [1.165, 1.54) is 5.56 Å². The van der Waals surface area contributed by atoms with Crippen molar-refractivity contribution in [1.29, 1.82) is 0 Å². The van der Waals surface area contributed by atoms with Crippen LogP contribution in [0.4, 0.5) is 0 Å². The monoisotopic (exact) mass is 247 g/mol. The van der Waals surface area contributed by atoms with Gasteiger partial charge in [0, 0.05) is 26.2 Å². The first kappa shape index (κ1) is 13.1. The molecule has 1 fully saturated rings. The molecule has 1 aliphatic rings. The standard InChI is InChI=1S/C14H21N3O/c1-11-3-5-12(6-4-11)14(2,13(15)18)17-9-7-16-8-10-17/h3-6,16H,7-10H2,1-2H3,(H2,15,18). The number of nitrogens with zero attached hydrogens (tertiary/aromatic N) is 1. The maximum Gasteiger partial charge on any atom is 0.242 e. The molecule has 0 aromatic heterocycles. The van der Waals surface area contributed by atoms with Crippen molar-refractivity contribution in [3.8, 4) is 0 Å². The highest BCUT2D eigenvalue weighted by Gasteiger charge is 2.39. The number of rotatable bonds is 3. The van der Waals surface area contributed by atoms with Gasteiger partial charge in [0.05, 0.1) is 0 Å². The van der Waals surface area contributed by atoms with Crippen molar-refractivity contribution in [2.24, 2.45) is 5.73 Å². The highest BCUT2D eigenvalue weighted by atomic mass is 16.1. The SMILES string of the molecule is Cc1ccc(C(C)(C(N)=O)N2CCNCC2)cc1. The van der Waals surface area contributed by atoms with Gasteiger partial charge in [-0.05, 0) is 19.4 Å². The molecule has 18 heavy (non-hydrogen) atoms. The van der Waals surface area contributed by atoms with E-state index in [0.717, 1.165) is 31.7 Å². The molecular formula is C14H21N3O. The molecule has 1 heterocycles. The van der Waals surface area contributed by atoms with Crippen LogP contribution in [-0.4, -0.2) is 37.0 Å². The van der Waals surface area contributed by atoms with Gasteiger partial charge in [0.15, 0.2) is 0 Å². The summed E-state index contributed by atoms with van der Waals surface area (Å²) in [5.74, 6) is -0.284. The lowest BCUT2D eigenvalue weighted by Crippen LogP contribution is -2.58. The quantitative estimate of drug-likeness (QED) is 0.822. The normalized spacial score (nSPS) is 20.3. The van der Waals surface area contributed by atoms with Gasteiger partial charge in [-0.3, -0.25) is 9.69 Å². The number of carbonyl (C=O) groups is 1. The number of benzene rings is 1. The first-order valence-corrected chi connectivity index (χ1v) is 6.38. The van der Waals surface area contributed by atoms with Gasteiger partial charge in [0.2, 0.25) is 5.91 Å². The molecule has 1 saturated heterocycles. The van der Waals surface area contributed by atoms with Crippen LogP contribution in [-0.2, 0) is 10.3 Å². The Morgan fingerprint density at radius 2 is 1.83 bits per heavy atom. The first-order valence-electron chi connectivity index (χ1n) is 6.38. The zero-order valence-corrected chi connectivity index (χ0v) is 11.1. The van der Waals surface area contributed by atoms with Crippen LogP contribution in [0.3, 0.4) is 0 Å². The predicted molar refractivity (Wildman–Crippen MR) is 72.2 cm³/mol. The molecular weight excluding hydrogens is 226 g/mol. The molecule has 0 bridgehead atoms. The summed E-state index contributed by atoms with van der Waals surface area (Å²) in [6.45, 7) is 7.44. The molecule has 4 nitrogen and oxygen atoms in total. The molecule has 3 N–H and O–H groups in total. The first-order chi connectivity index (χ1) is 8.55. The largest absolute Gasteiger partial charge is 0.368 e. The van der Waals surface area contributed by atoms with Gasteiger partial charge in [-0.2, -0.15) is 0 Å². The van der Waals surface area contributed by atoms with E-state index in [4.69, 9.17) is 5.73 Å². The minimum Gasteiger partial charge on any atom is -0.368 e. The molecule has 98 valence electrons. The second-order valence-corrected chi connectivity index (χ2v) is 5.04. The van der Waals surface area contributed by atoms with Gasteiger partial charge < -0.3 is 11.1 Å². The molecule has 1 atom stereocenters. The number of piperazine rings is 1. The van der Waals surface area contributed by atoms with E-state index in [-0.39, 0.29) is 5.91 Å². The lowest BCUT2D eigenvalue weighted by Gasteiger charge is -2.41. The summed E-state index contributed by atoms with van der Waals surface area (Å²) >= 11 is 0. The number of primary amides is 1. The Balaban J connectivity index is 2.36. The van der Waals surface area contributed by atoms with Crippen LogP contribution in [0, 0.1) is 6.92 Å².